The number of hydrogen-bond donors (Lipinski definition) is 1. The minimum absolute atomic E-state index is 0.00945. The lowest BCUT2D eigenvalue weighted by molar-refractivity contribution is -0.139. The monoisotopic (exact) mass is 370 g/mol. The highest BCUT2D eigenvalue weighted by atomic mass is 16.2. The second-order valence-corrected chi connectivity index (χ2v) is 7.32. The van der Waals surface area contributed by atoms with E-state index >= 15 is 0 Å². The van der Waals surface area contributed by atoms with Crippen LogP contribution in [0.2, 0.25) is 0 Å². The van der Waals surface area contributed by atoms with Gasteiger partial charge in [-0.2, -0.15) is 5.10 Å². The van der Waals surface area contributed by atoms with Crippen LogP contribution in [0.25, 0.3) is 0 Å². The maximum Gasteiger partial charge on any atom is 0.343 e. The van der Waals surface area contributed by atoms with E-state index in [1.165, 1.54) is 0 Å². The summed E-state index contributed by atoms with van der Waals surface area (Å²) in [7, 11) is 1.78. The molecule has 2 aliphatic heterocycles. The normalized spacial score (nSPS) is 19.3. The maximum atomic E-state index is 12.8. The number of carbonyl (C=O) groups is 2. The largest absolute Gasteiger partial charge is 0.343 e. The number of H-pyrrole nitrogens is 1. The lowest BCUT2D eigenvalue weighted by Crippen LogP contribution is -2.62. The van der Waals surface area contributed by atoms with Crippen molar-refractivity contribution >= 4 is 11.8 Å². The van der Waals surface area contributed by atoms with Gasteiger partial charge in [-0.05, 0) is 25.0 Å². The second kappa shape index (κ2) is 6.64. The van der Waals surface area contributed by atoms with Crippen molar-refractivity contribution in [2.75, 3.05) is 20.1 Å². The highest BCUT2D eigenvalue weighted by Crippen LogP contribution is 2.23. The van der Waals surface area contributed by atoms with Crippen molar-refractivity contribution in [1.82, 2.24) is 29.5 Å². The Bertz CT molecular complexity index is 925. The quantitative estimate of drug-likeness (QED) is 0.807. The van der Waals surface area contributed by atoms with E-state index in [0.29, 0.717) is 44.0 Å². The number of likely N-dealkylation sites (N-methyl/N-ethyl adjacent to an activating group) is 1. The SMILES string of the molecule is Cc1ccc(C(=O)N2CC(N(C)C(=O)C3CCn4c(n[nH]c4=O)C3)C2)nc1. The first-order valence-electron chi connectivity index (χ1n) is 9.06. The Kier molecular flexibility index (Phi) is 4.29. The van der Waals surface area contributed by atoms with Crippen LogP contribution >= 0.6 is 0 Å². The zero-order valence-electron chi connectivity index (χ0n) is 15.4. The third-order valence-electron chi connectivity index (χ3n) is 5.49. The number of amides is 2. The Morgan fingerprint density at radius 3 is 2.78 bits per heavy atom. The summed E-state index contributed by atoms with van der Waals surface area (Å²) in [6.07, 6.45) is 2.76. The van der Waals surface area contributed by atoms with Crippen LogP contribution in [0.3, 0.4) is 0 Å². The zero-order chi connectivity index (χ0) is 19.1. The lowest BCUT2D eigenvalue weighted by Gasteiger charge is -2.44. The number of rotatable bonds is 3. The van der Waals surface area contributed by atoms with E-state index < -0.39 is 0 Å². The molecule has 9 nitrogen and oxygen atoms in total. The number of hydrogen-bond acceptors (Lipinski definition) is 5. The van der Waals surface area contributed by atoms with Crippen LogP contribution < -0.4 is 5.69 Å². The van der Waals surface area contributed by atoms with E-state index in [1.54, 1.807) is 33.7 Å². The van der Waals surface area contributed by atoms with Crippen LogP contribution in [0.5, 0.6) is 0 Å². The van der Waals surface area contributed by atoms with Crippen molar-refractivity contribution in [3.05, 3.63) is 45.9 Å². The fraction of sp³-hybridized carbons (Fsp3) is 0.500. The molecule has 4 heterocycles. The van der Waals surface area contributed by atoms with Gasteiger partial charge in [0.15, 0.2) is 0 Å². The predicted molar refractivity (Wildman–Crippen MR) is 96.1 cm³/mol. The number of pyridine rings is 1. The summed E-state index contributed by atoms with van der Waals surface area (Å²) in [5, 5.41) is 6.43. The van der Waals surface area contributed by atoms with E-state index in [2.05, 4.69) is 15.2 Å². The third kappa shape index (κ3) is 3.13. The van der Waals surface area contributed by atoms with Crippen LogP contribution in [0.4, 0.5) is 0 Å². The van der Waals surface area contributed by atoms with E-state index in [1.807, 2.05) is 13.0 Å². The highest BCUT2D eigenvalue weighted by molar-refractivity contribution is 5.93. The molecule has 0 saturated carbocycles. The first-order chi connectivity index (χ1) is 12.9. The first-order valence-corrected chi connectivity index (χ1v) is 9.06. The number of aromatic nitrogens is 4. The van der Waals surface area contributed by atoms with Crippen LogP contribution in [0, 0.1) is 12.8 Å². The molecule has 0 aliphatic carbocycles. The number of aryl methyl sites for hydroxylation is 1. The van der Waals surface area contributed by atoms with Gasteiger partial charge in [-0.15, -0.1) is 0 Å². The molecule has 2 aromatic heterocycles. The molecule has 0 aromatic carbocycles. The molecule has 0 bridgehead atoms. The molecular formula is C18H22N6O3. The second-order valence-electron chi connectivity index (χ2n) is 7.32. The van der Waals surface area contributed by atoms with Gasteiger partial charge in [-0.25, -0.2) is 9.89 Å². The zero-order valence-corrected chi connectivity index (χ0v) is 15.4. The summed E-state index contributed by atoms with van der Waals surface area (Å²) in [5.74, 6) is 0.391. The number of aromatic amines is 1. The summed E-state index contributed by atoms with van der Waals surface area (Å²) in [6, 6.07) is 3.60. The van der Waals surface area contributed by atoms with Gasteiger partial charge in [0.05, 0.1) is 6.04 Å². The average molecular weight is 370 g/mol. The van der Waals surface area contributed by atoms with Crippen LogP contribution in [-0.2, 0) is 17.8 Å². The van der Waals surface area contributed by atoms with Gasteiger partial charge in [-0.1, -0.05) is 6.07 Å². The van der Waals surface area contributed by atoms with Gasteiger partial charge in [0.1, 0.15) is 11.5 Å². The Balaban J connectivity index is 1.34. The average Bonchev–Trinajstić information content (AvgIpc) is 3.00. The van der Waals surface area contributed by atoms with Crippen molar-refractivity contribution in [2.24, 2.45) is 5.92 Å². The molecule has 2 aliphatic rings. The van der Waals surface area contributed by atoms with Gasteiger partial charge in [0.2, 0.25) is 5.91 Å². The molecule has 142 valence electrons. The van der Waals surface area contributed by atoms with Crippen LogP contribution in [0.1, 0.15) is 28.3 Å². The topological polar surface area (TPSA) is 104 Å². The van der Waals surface area contributed by atoms with Crippen molar-refractivity contribution < 1.29 is 9.59 Å². The fourth-order valence-corrected chi connectivity index (χ4v) is 3.65. The molecule has 1 fully saturated rings. The Morgan fingerprint density at radius 2 is 2.07 bits per heavy atom. The number of likely N-dealkylation sites (tertiary alicyclic amines) is 1. The van der Waals surface area contributed by atoms with Gasteiger partial charge in [-0.3, -0.25) is 19.1 Å². The number of carbonyl (C=O) groups excluding carboxylic acids is 2. The highest BCUT2D eigenvalue weighted by Gasteiger charge is 2.38. The molecule has 0 radical (unpaired) electrons. The Hall–Kier alpha value is -2.97. The van der Waals surface area contributed by atoms with Gasteiger partial charge in [0.25, 0.3) is 5.91 Å². The molecule has 4 rings (SSSR count). The molecule has 1 unspecified atom stereocenters. The molecule has 1 saturated heterocycles. The third-order valence-corrected chi connectivity index (χ3v) is 5.49. The minimum Gasteiger partial charge on any atom is -0.339 e. The smallest absolute Gasteiger partial charge is 0.339 e. The maximum absolute atomic E-state index is 12.8. The lowest BCUT2D eigenvalue weighted by atomic mass is 9.94. The fourth-order valence-electron chi connectivity index (χ4n) is 3.65. The van der Waals surface area contributed by atoms with E-state index in [0.717, 1.165) is 5.56 Å². The molecule has 9 heteroatoms. The summed E-state index contributed by atoms with van der Waals surface area (Å²) in [6.45, 7) is 3.45. The summed E-state index contributed by atoms with van der Waals surface area (Å²) < 4.78 is 1.59. The summed E-state index contributed by atoms with van der Waals surface area (Å²) >= 11 is 0. The van der Waals surface area contributed by atoms with E-state index in [9.17, 15) is 14.4 Å². The van der Waals surface area contributed by atoms with Gasteiger partial charge in [0, 0.05) is 45.2 Å². The molecule has 1 atom stereocenters. The summed E-state index contributed by atoms with van der Waals surface area (Å²) in [4.78, 5) is 44.4. The van der Waals surface area contributed by atoms with Crippen LogP contribution in [-0.4, -0.2) is 67.5 Å². The molecular weight excluding hydrogens is 348 g/mol. The summed E-state index contributed by atoms with van der Waals surface area (Å²) in [5.41, 5.74) is 1.21. The van der Waals surface area contributed by atoms with Crippen molar-refractivity contribution in [2.45, 2.75) is 32.4 Å². The predicted octanol–water partition coefficient (Wildman–Crippen LogP) is -0.180. The Morgan fingerprint density at radius 1 is 1.30 bits per heavy atom. The number of fused-ring (bicyclic) bond motifs is 1. The number of nitrogens with one attached hydrogen (secondary N) is 1. The van der Waals surface area contributed by atoms with Crippen molar-refractivity contribution in [3.8, 4) is 0 Å². The van der Waals surface area contributed by atoms with Gasteiger partial charge < -0.3 is 9.80 Å². The molecule has 27 heavy (non-hydrogen) atoms. The Labute approximate surface area is 156 Å². The standard InChI is InChI=1S/C18H22N6O3/c1-11-3-4-14(19-8-11)17(26)23-9-13(10-23)22(2)16(25)12-5-6-24-15(7-12)20-21-18(24)27/h3-4,8,12-13H,5-7,9-10H2,1-2H3,(H,21,27). The van der Waals surface area contributed by atoms with Crippen molar-refractivity contribution in [1.29, 1.82) is 0 Å². The first kappa shape index (κ1) is 17.4. The van der Waals surface area contributed by atoms with E-state index in [-0.39, 0.29) is 29.5 Å². The van der Waals surface area contributed by atoms with E-state index in [4.69, 9.17) is 0 Å². The molecule has 0 spiro atoms. The molecule has 2 amide bonds. The molecule has 1 N–H and O–H groups in total. The molecule has 2 aromatic rings. The minimum atomic E-state index is -0.220. The van der Waals surface area contributed by atoms with Crippen molar-refractivity contribution in [3.63, 3.8) is 0 Å². The van der Waals surface area contributed by atoms with Crippen LogP contribution in [0.15, 0.2) is 23.1 Å². The number of nitrogens with zero attached hydrogens (tertiary/aromatic N) is 5. The van der Waals surface area contributed by atoms with Gasteiger partial charge >= 0.3 is 5.69 Å².